The number of hydrogen-bond acceptors (Lipinski definition) is 4. The van der Waals surface area contributed by atoms with E-state index in [1.54, 1.807) is 12.0 Å². The number of hydrogen-bond donors (Lipinski definition) is 0. The van der Waals surface area contributed by atoms with Crippen LogP contribution in [0.5, 0.6) is 5.75 Å². The van der Waals surface area contributed by atoms with Crippen molar-refractivity contribution in [2.45, 2.75) is 13.0 Å². The van der Waals surface area contributed by atoms with Crippen molar-refractivity contribution in [1.29, 1.82) is 0 Å². The molecule has 3 aromatic rings. The molecular formula is C25H21BrN2O2S. The van der Waals surface area contributed by atoms with Crippen molar-refractivity contribution in [2.24, 2.45) is 4.99 Å². The first-order valence-corrected chi connectivity index (χ1v) is 11.4. The summed E-state index contributed by atoms with van der Waals surface area (Å²) in [6, 6.07) is 25.3. The maximum Gasteiger partial charge on any atom is 0.267 e. The number of carbonyl (C=O) groups excluding carboxylic acids is 1. The normalized spacial score (nSPS) is 17.4. The van der Waals surface area contributed by atoms with Gasteiger partial charge in [-0.25, -0.2) is 4.99 Å². The van der Waals surface area contributed by atoms with Crippen molar-refractivity contribution in [3.8, 4) is 5.75 Å². The fraction of sp³-hybridized carbons (Fsp3) is 0.120. The molecule has 1 atom stereocenters. The smallest absolute Gasteiger partial charge is 0.267 e. The predicted octanol–water partition coefficient (Wildman–Crippen LogP) is 6.82. The van der Waals surface area contributed by atoms with Crippen LogP contribution in [0.3, 0.4) is 0 Å². The standard InChI is InChI=1S/C25H21BrN2O2S/c1-17(19-9-5-3-6-10-19)28-24(29)23(16-18-13-14-22(30-2)21(26)15-18)31-25(28)27-20-11-7-4-8-12-20/h3-17H,1-2H3/b23-16+,27-25?/t17-/m1/s1. The van der Waals surface area contributed by atoms with Crippen molar-refractivity contribution in [1.82, 2.24) is 4.90 Å². The number of amides is 1. The van der Waals surface area contributed by atoms with E-state index in [1.165, 1.54) is 11.8 Å². The molecule has 31 heavy (non-hydrogen) atoms. The van der Waals surface area contributed by atoms with Gasteiger partial charge in [0.15, 0.2) is 5.17 Å². The van der Waals surface area contributed by atoms with Crippen molar-refractivity contribution < 1.29 is 9.53 Å². The van der Waals surface area contributed by atoms with Gasteiger partial charge in [-0.05, 0) is 76.1 Å². The molecule has 0 N–H and O–H groups in total. The average molecular weight is 493 g/mol. The Labute approximate surface area is 194 Å². The quantitative estimate of drug-likeness (QED) is 0.366. The van der Waals surface area contributed by atoms with Gasteiger partial charge in [-0.3, -0.25) is 9.69 Å². The zero-order valence-corrected chi connectivity index (χ0v) is 19.6. The fourth-order valence-electron chi connectivity index (χ4n) is 3.32. The van der Waals surface area contributed by atoms with Crippen LogP contribution in [-0.4, -0.2) is 23.1 Å². The van der Waals surface area contributed by atoms with Gasteiger partial charge in [0.2, 0.25) is 0 Å². The number of nitrogens with zero attached hydrogens (tertiary/aromatic N) is 2. The first-order chi connectivity index (χ1) is 15.1. The van der Waals surface area contributed by atoms with E-state index in [-0.39, 0.29) is 11.9 Å². The molecule has 0 spiro atoms. The summed E-state index contributed by atoms with van der Waals surface area (Å²) in [5.74, 6) is 0.696. The minimum atomic E-state index is -0.142. The number of benzene rings is 3. The topological polar surface area (TPSA) is 41.9 Å². The molecule has 1 amide bonds. The van der Waals surface area contributed by atoms with Crippen LogP contribution in [0.15, 0.2) is 93.2 Å². The second-order valence-corrected chi connectivity index (χ2v) is 8.86. The molecule has 0 bridgehead atoms. The SMILES string of the molecule is COc1ccc(/C=C2/SC(=Nc3ccccc3)N([C@H](C)c3ccccc3)C2=O)cc1Br. The largest absolute Gasteiger partial charge is 0.496 e. The van der Waals surface area contributed by atoms with E-state index in [1.807, 2.05) is 91.9 Å². The van der Waals surface area contributed by atoms with Crippen LogP contribution in [0, 0.1) is 0 Å². The highest BCUT2D eigenvalue weighted by Gasteiger charge is 2.37. The summed E-state index contributed by atoms with van der Waals surface area (Å²) in [5, 5.41) is 0.673. The highest BCUT2D eigenvalue weighted by molar-refractivity contribution is 9.10. The Balaban J connectivity index is 1.73. The van der Waals surface area contributed by atoms with Gasteiger partial charge in [0.1, 0.15) is 5.75 Å². The second-order valence-electron chi connectivity index (χ2n) is 7.00. The number of para-hydroxylation sites is 1. The van der Waals surface area contributed by atoms with Crippen LogP contribution in [0.4, 0.5) is 5.69 Å². The van der Waals surface area contributed by atoms with Gasteiger partial charge in [-0.1, -0.05) is 54.6 Å². The maximum absolute atomic E-state index is 13.5. The number of thioether (sulfide) groups is 1. The Bertz CT molecular complexity index is 1150. The number of halogens is 1. The first-order valence-electron chi connectivity index (χ1n) is 9.82. The Morgan fingerprint density at radius 1 is 1.03 bits per heavy atom. The van der Waals surface area contributed by atoms with E-state index in [0.29, 0.717) is 10.1 Å². The van der Waals surface area contributed by atoms with Gasteiger partial charge >= 0.3 is 0 Å². The third kappa shape index (κ3) is 4.75. The zero-order valence-electron chi connectivity index (χ0n) is 17.2. The first kappa shape index (κ1) is 21.4. The number of methoxy groups -OCH3 is 1. The molecule has 0 radical (unpaired) electrons. The van der Waals surface area contributed by atoms with Gasteiger partial charge in [-0.2, -0.15) is 0 Å². The van der Waals surface area contributed by atoms with Crippen molar-refractivity contribution in [2.75, 3.05) is 7.11 Å². The minimum absolute atomic E-state index is 0.0528. The average Bonchev–Trinajstić information content (AvgIpc) is 3.09. The summed E-state index contributed by atoms with van der Waals surface area (Å²) in [7, 11) is 1.63. The molecule has 4 rings (SSSR count). The summed E-state index contributed by atoms with van der Waals surface area (Å²) >= 11 is 4.91. The van der Waals surface area contributed by atoms with E-state index in [4.69, 9.17) is 9.73 Å². The molecule has 0 saturated carbocycles. The molecule has 4 nitrogen and oxygen atoms in total. The lowest BCUT2D eigenvalue weighted by Crippen LogP contribution is -2.32. The third-order valence-electron chi connectivity index (χ3n) is 4.96. The lowest BCUT2D eigenvalue weighted by atomic mass is 10.1. The highest BCUT2D eigenvalue weighted by Crippen LogP contribution is 2.39. The van der Waals surface area contributed by atoms with E-state index in [2.05, 4.69) is 15.9 Å². The van der Waals surface area contributed by atoms with Crippen LogP contribution >= 0.6 is 27.7 Å². The summed E-state index contributed by atoms with van der Waals surface area (Å²) in [5.41, 5.74) is 2.79. The predicted molar refractivity (Wildman–Crippen MR) is 132 cm³/mol. The fourth-order valence-corrected chi connectivity index (χ4v) is 4.95. The number of amidine groups is 1. The van der Waals surface area contributed by atoms with Crippen LogP contribution < -0.4 is 4.74 Å². The Hall–Kier alpha value is -2.83. The minimum Gasteiger partial charge on any atom is -0.496 e. The van der Waals surface area contributed by atoms with Crippen LogP contribution in [0.2, 0.25) is 0 Å². The molecule has 0 aliphatic carbocycles. The van der Waals surface area contributed by atoms with E-state index in [0.717, 1.165) is 27.0 Å². The molecule has 1 fully saturated rings. The molecule has 156 valence electrons. The molecule has 0 aromatic heterocycles. The van der Waals surface area contributed by atoms with Crippen molar-refractivity contribution >= 4 is 50.5 Å². The lowest BCUT2D eigenvalue weighted by molar-refractivity contribution is -0.123. The molecule has 3 aromatic carbocycles. The molecule has 1 aliphatic heterocycles. The third-order valence-corrected chi connectivity index (χ3v) is 6.56. The van der Waals surface area contributed by atoms with Crippen molar-refractivity contribution in [3.63, 3.8) is 0 Å². The molecule has 1 heterocycles. The number of rotatable bonds is 5. The molecule has 6 heteroatoms. The number of ether oxygens (including phenoxy) is 1. The van der Waals surface area contributed by atoms with Gasteiger partial charge in [-0.15, -0.1) is 0 Å². The van der Waals surface area contributed by atoms with E-state index >= 15 is 0 Å². The van der Waals surface area contributed by atoms with Gasteiger partial charge < -0.3 is 4.74 Å². The number of carbonyl (C=O) groups is 1. The van der Waals surface area contributed by atoms with Crippen molar-refractivity contribution in [3.05, 3.63) is 99.4 Å². The van der Waals surface area contributed by atoms with E-state index < -0.39 is 0 Å². The van der Waals surface area contributed by atoms with Gasteiger partial charge in [0.05, 0.1) is 28.2 Å². The van der Waals surface area contributed by atoms with Gasteiger partial charge in [0, 0.05) is 0 Å². The summed E-state index contributed by atoms with van der Waals surface area (Å²) < 4.78 is 6.15. The van der Waals surface area contributed by atoms with Crippen LogP contribution in [0.25, 0.3) is 6.08 Å². The molecule has 0 unspecified atom stereocenters. The van der Waals surface area contributed by atoms with Gasteiger partial charge in [0.25, 0.3) is 5.91 Å². The number of aliphatic imine (C=N–C) groups is 1. The summed E-state index contributed by atoms with van der Waals surface area (Å²) in [4.78, 5) is 20.6. The molecule has 1 saturated heterocycles. The van der Waals surface area contributed by atoms with Crippen LogP contribution in [-0.2, 0) is 4.79 Å². The second kappa shape index (κ2) is 9.54. The molecular weight excluding hydrogens is 472 g/mol. The van der Waals surface area contributed by atoms with Crippen LogP contribution in [0.1, 0.15) is 24.1 Å². The Morgan fingerprint density at radius 2 is 1.71 bits per heavy atom. The lowest BCUT2D eigenvalue weighted by Gasteiger charge is -2.24. The highest BCUT2D eigenvalue weighted by atomic mass is 79.9. The zero-order chi connectivity index (χ0) is 21.8. The summed E-state index contributed by atoms with van der Waals surface area (Å²) in [6.07, 6.45) is 1.90. The maximum atomic E-state index is 13.5. The summed E-state index contributed by atoms with van der Waals surface area (Å²) in [6.45, 7) is 2.03. The molecule has 1 aliphatic rings. The monoisotopic (exact) mass is 492 g/mol. The van der Waals surface area contributed by atoms with E-state index in [9.17, 15) is 4.79 Å². The Morgan fingerprint density at radius 3 is 2.35 bits per heavy atom. The Kier molecular flexibility index (Phi) is 6.59.